The molecule has 0 unspecified atom stereocenters. The predicted molar refractivity (Wildman–Crippen MR) is 102 cm³/mol. The molecule has 0 bridgehead atoms. The van der Waals surface area contributed by atoms with Crippen molar-refractivity contribution in [1.82, 2.24) is 24.9 Å². The maximum atomic E-state index is 13.0. The smallest absolute Gasteiger partial charge is 0.320 e. The molecule has 0 amide bonds. The Morgan fingerprint density at radius 1 is 1.06 bits per heavy atom. The second-order valence-corrected chi connectivity index (χ2v) is 8.87. The quantitative estimate of drug-likeness (QED) is 0.411. The van der Waals surface area contributed by atoms with E-state index < -0.39 is 34.3 Å². The van der Waals surface area contributed by atoms with Crippen molar-refractivity contribution in [3.05, 3.63) is 30.1 Å². The van der Waals surface area contributed by atoms with Gasteiger partial charge in [-0.05, 0) is 12.1 Å². The monoisotopic (exact) mass is 482 g/mol. The zero-order chi connectivity index (χ0) is 23.9. The molecule has 0 saturated heterocycles. The zero-order valence-corrected chi connectivity index (χ0v) is 17.3. The summed E-state index contributed by atoms with van der Waals surface area (Å²) < 4.78 is 102. The molecule has 0 saturated carbocycles. The van der Waals surface area contributed by atoms with Crippen molar-refractivity contribution in [2.45, 2.75) is 24.2 Å². The minimum Gasteiger partial charge on any atom is -0.320 e. The van der Waals surface area contributed by atoms with Gasteiger partial charge in [0.15, 0.2) is 21.3 Å². The first-order valence-corrected chi connectivity index (χ1v) is 10.6. The van der Waals surface area contributed by atoms with Gasteiger partial charge in [-0.25, -0.2) is 28.8 Å². The lowest BCUT2D eigenvalue weighted by molar-refractivity contribution is -0.137. The van der Waals surface area contributed by atoms with Crippen molar-refractivity contribution in [3.8, 4) is 11.5 Å². The van der Waals surface area contributed by atoms with Crippen molar-refractivity contribution in [2.75, 3.05) is 17.7 Å². The van der Waals surface area contributed by atoms with Crippen LogP contribution in [-0.4, -0.2) is 46.4 Å². The summed E-state index contributed by atoms with van der Waals surface area (Å²) in [5.74, 6) is -0.435. The van der Waals surface area contributed by atoms with E-state index in [0.29, 0.717) is 6.20 Å². The zero-order valence-electron chi connectivity index (χ0n) is 16.5. The first kappa shape index (κ1) is 23.7. The Bertz CT molecular complexity index is 1250. The number of rotatable bonds is 6. The van der Waals surface area contributed by atoms with Crippen LogP contribution in [0.1, 0.15) is 12.5 Å². The Kier molecular flexibility index (Phi) is 6.08. The van der Waals surface area contributed by atoms with E-state index in [1.54, 1.807) is 0 Å². The lowest BCUT2D eigenvalue weighted by atomic mass is 10.2. The molecule has 15 heteroatoms. The minimum absolute atomic E-state index is 0.0590. The normalized spacial score (nSPS) is 13.0. The number of nitrogens with one attached hydrogen (secondary N) is 2. The number of alkyl halides is 6. The highest BCUT2D eigenvalue weighted by Gasteiger charge is 2.32. The van der Waals surface area contributed by atoms with Crippen LogP contribution in [-0.2, 0) is 23.1 Å². The Hall–Kier alpha value is -2.94. The molecule has 2 N–H and O–H groups in total. The van der Waals surface area contributed by atoms with Crippen LogP contribution in [0.4, 0.5) is 32.0 Å². The highest BCUT2D eigenvalue weighted by molar-refractivity contribution is 7.91. The molecule has 32 heavy (non-hydrogen) atoms. The number of sulfone groups is 1. The fraction of sp³-hybridized carbons (Fsp3) is 0.353. The molecule has 0 atom stereocenters. The fourth-order valence-electron chi connectivity index (χ4n) is 2.76. The molecule has 174 valence electrons. The predicted octanol–water partition coefficient (Wildman–Crippen LogP) is 3.32. The van der Waals surface area contributed by atoms with E-state index in [4.69, 9.17) is 0 Å². The van der Waals surface area contributed by atoms with Crippen LogP contribution in [0.2, 0.25) is 0 Å². The first-order valence-electron chi connectivity index (χ1n) is 8.91. The van der Waals surface area contributed by atoms with Gasteiger partial charge in [-0.2, -0.15) is 26.3 Å². The summed E-state index contributed by atoms with van der Waals surface area (Å²) in [7, 11) is -2.52. The lowest BCUT2D eigenvalue weighted by Gasteiger charge is -2.13. The third kappa shape index (κ3) is 4.93. The number of nitrogens with zero attached hydrogens (tertiary/aromatic N) is 4. The number of fused-ring (bicyclic) bond motifs is 1. The maximum absolute atomic E-state index is 13.0. The van der Waals surface area contributed by atoms with Crippen molar-refractivity contribution in [3.63, 3.8) is 0 Å². The SMILES string of the molecule is CCS(=O)(=O)c1cc(NNCC(F)(F)F)cnc1-c1nc2cc(C(F)(F)F)cnc2n1C. The number of aromatic nitrogens is 4. The summed E-state index contributed by atoms with van der Waals surface area (Å²) in [6.07, 6.45) is -7.45. The molecule has 0 aromatic carbocycles. The summed E-state index contributed by atoms with van der Waals surface area (Å²) in [6, 6.07) is 1.84. The highest BCUT2D eigenvalue weighted by atomic mass is 32.2. The molecule has 0 aliphatic rings. The second kappa shape index (κ2) is 8.20. The van der Waals surface area contributed by atoms with E-state index in [1.807, 2.05) is 5.43 Å². The van der Waals surface area contributed by atoms with E-state index in [2.05, 4.69) is 20.4 Å². The molecule has 3 heterocycles. The van der Waals surface area contributed by atoms with E-state index in [1.165, 1.54) is 18.5 Å². The van der Waals surface area contributed by atoms with Crippen molar-refractivity contribution in [2.24, 2.45) is 7.05 Å². The summed E-state index contributed by atoms with van der Waals surface area (Å²) in [5, 5.41) is 0. The number of anilines is 1. The van der Waals surface area contributed by atoms with Gasteiger partial charge in [0, 0.05) is 13.2 Å². The van der Waals surface area contributed by atoms with Gasteiger partial charge < -0.3 is 9.99 Å². The van der Waals surface area contributed by atoms with E-state index in [-0.39, 0.29) is 39.0 Å². The number of hydrogen-bond acceptors (Lipinski definition) is 7. The Morgan fingerprint density at radius 3 is 2.34 bits per heavy atom. The number of pyridine rings is 2. The average molecular weight is 482 g/mol. The van der Waals surface area contributed by atoms with Crippen LogP contribution in [0.3, 0.4) is 0 Å². The van der Waals surface area contributed by atoms with Gasteiger partial charge in [-0.1, -0.05) is 6.92 Å². The van der Waals surface area contributed by atoms with E-state index >= 15 is 0 Å². The van der Waals surface area contributed by atoms with Gasteiger partial charge in [-0.3, -0.25) is 0 Å². The molecular weight excluding hydrogens is 466 g/mol. The van der Waals surface area contributed by atoms with Gasteiger partial charge in [0.05, 0.1) is 28.1 Å². The molecule has 0 aliphatic carbocycles. The van der Waals surface area contributed by atoms with Crippen LogP contribution in [0.5, 0.6) is 0 Å². The van der Waals surface area contributed by atoms with Crippen LogP contribution in [0, 0.1) is 0 Å². The van der Waals surface area contributed by atoms with Crippen molar-refractivity contribution in [1.29, 1.82) is 0 Å². The highest BCUT2D eigenvalue weighted by Crippen LogP contribution is 2.33. The van der Waals surface area contributed by atoms with Crippen molar-refractivity contribution < 1.29 is 34.8 Å². The van der Waals surface area contributed by atoms with E-state index in [0.717, 1.165) is 18.3 Å². The number of hydrogen-bond donors (Lipinski definition) is 2. The number of aryl methyl sites for hydroxylation is 1. The van der Waals surface area contributed by atoms with Crippen LogP contribution >= 0.6 is 0 Å². The van der Waals surface area contributed by atoms with Gasteiger partial charge in [-0.15, -0.1) is 0 Å². The van der Waals surface area contributed by atoms with Gasteiger partial charge in [0.2, 0.25) is 0 Å². The Labute approximate surface area is 177 Å². The molecule has 3 rings (SSSR count). The molecule has 8 nitrogen and oxygen atoms in total. The molecule has 0 spiro atoms. The molecular formula is C17H16F6N6O2S. The molecule has 0 radical (unpaired) electrons. The molecule has 3 aromatic rings. The minimum atomic E-state index is -4.65. The number of imidazole rings is 1. The van der Waals surface area contributed by atoms with Gasteiger partial charge >= 0.3 is 12.4 Å². The largest absolute Gasteiger partial charge is 0.417 e. The maximum Gasteiger partial charge on any atom is 0.417 e. The molecule has 0 aliphatic heterocycles. The third-order valence-corrected chi connectivity index (χ3v) is 6.08. The summed E-state index contributed by atoms with van der Waals surface area (Å²) in [5.41, 5.74) is 2.78. The Morgan fingerprint density at radius 2 is 1.75 bits per heavy atom. The average Bonchev–Trinajstić information content (AvgIpc) is 3.02. The standard InChI is InChI=1S/C17H16F6N6O2S/c1-3-32(30,31)12-5-10(28-26-8-16(18,19)20)7-24-13(12)15-27-11-4-9(17(21,22)23)6-25-14(11)29(15)2/h4-7,26,28H,3,8H2,1-2H3. The Balaban J connectivity index is 2.10. The first-order chi connectivity index (χ1) is 14.7. The summed E-state index contributed by atoms with van der Waals surface area (Å²) >= 11 is 0. The lowest BCUT2D eigenvalue weighted by Crippen LogP contribution is -2.33. The number of halogens is 6. The topological polar surface area (TPSA) is 102 Å². The van der Waals surface area contributed by atoms with Crippen LogP contribution in [0.15, 0.2) is 29.4 Å². The summed E-state index contributed by atoms with van der Waals surface area (Å²) in [6.45, 7) is -0.0320. The van der Waals surface area contributed by atoms with Gasteiger partial charge in [0.1, 0.15) is 17.8 Å². The van der Waals surface area contributed by atoms with Gasteiger partial charge in [0.25, 0.3) is 0 Å². The fourth-order valence-corrected chi connectivity index (χ4v) is 3.82. The molecule has 3 aromatic heterocycles. The molecule has 0 fully saturated rings. The summed E-state index contributed by atoms with van der Waals surface area (Å²) in [4.78, 5) is 11.5. The second-order valence-electron chi connectivity index (χ2n) is 6.63. The third-order valence-electron chi connectivity index (χ3n) is 4.34. The number of hydrazine groups is 1. The van der Waals surface area contributed by atoms with Crippen LogP contribution < -0.4 is 10.9 Å². The van der Waals surface area contributed by atoms with Crippen molar-refractivity contribution >= 4 is 26.7 Å². The van der Waals surface area contributed by atoms with Crippen LogP contribution in [0.25, 0.3) is 22.7 Å². The van der Waals surface area contributed by atoms with E-state index in [9.17, 15) is 34.8 Å².